The Morgan fingerprint density at radius 2 is 2.18 bits per heavy atom. The summed E-state index contributed by atoms with van der Waals surface area (Å²) in [6, 6.07) is 6.85. The van der Waals surface area contributed by atoms with Gasteiger partial charge in [-0.05, 0) is 30.2 Å². The molecule has 96 valence electrons. The van der Waals surface area contributed by atoms with Crippen molar-refractivity contribution >= 4 is 0 Å². The first-order valence-electron chi connectivity index (χ1n) is 6.14. The summed E-state index contributed by atoms with van der Waals surface area (Å²) < 4.78 is 18.4. The Hall–Kier alpha value is -0.930. The Balaban J connectivity index is 2.81. The van der Waals surface area contributed by atoms with Crippen molar-refractivity contribution in [2.75, 3.05) is 26.8 Å². The predicted octanol–water partition coefficient (Wildman–Crippen LogP) is 2.80. The van der Waals surface area contributed by atoms with Gasteiger partial charge in [-0.2, -0.15) is 0 Å². The van der Waals surface area contributed by atoms with Gasteiger partial charge in [0, 0.05) is 26.2 Å². The van der Waals surface area contributed by atoms with E-state index in [9.17, 15) is 4.39 Å². The van der Waals surface area contributed by atoms with Crippen LogP contribution in [0.15, 0.2) is 24.3 Å². The minimum absolute atomic E-state index is 0.173. The molecule has 0 aliphatic heterocycles. The van der Waals surface area contributed by atoms with Crippen molar-refractivity contribution in [3.05, 3.63) is 35.6 Å². The summed E-state index contributed by atoms with van der Waals surface area (Å²) >= 11 is 0. The van der Waals surface area contributed by atoms with E-state index >= 15 is 0 Å². The first-order chi connectivity index (χ1) is 8.19. The van der Waals surface area contributed by atoms with Crippen molar-refractivity contribution in [3.8, 4) is 0 Å². The number of hydrogen-bond acceptors (Lipinski definition) is 2. The van der Waals surface area contributed by atoms with Crippen LogP contribution in [0, 0.1) is 11.7 Å². The lowest BCUT2D eigenvalue weighted by molar-refractivity contribution is 0.146. The van der Waals surface area contributed by atoms with Gasteiger partial charge >= 0.3 is 0 Å². The van der Waals surface area contributed by atoms with E-state index < -0.39 is 0 Å². The van der Waals surface area contributed by atoms with Gasteiger partial charge in [0.1, 0.15) is 5.82 Å². The van der Waals surface area contributed by atoms with Crippen LogP contribution >= 0.6 is 0 Å². The highest BCUT2D eigenvalue weighted by molar-refractivity contribution is 5.21. The third-order valence-corrected chi connectivity index (χ3v) is 3.01. The van der Waals surface area contributed by atoms with Crippen molar-refractivity contribution in [1.82, 2.24) is 5.32 Å². The van der Waals surface area contributed by atoms with Gasteiger partial charge in [0.25, 0.3) is 0 Å². The van der Waals surface area contributed by atoms with Crippen LogP contribution in [0.4, 0.5) is 4.39 Å². The molecular weight excluding hydrogens is 217 g/mol. The van der Waals surface area contributed by atoms with E-state index in [1.165, 1.54) is 6.07 Å². The van der Waals surface area contributed by atoms with Crippen molar-refractivity contribution in [3.63, 3.8) is 0 Å². The summed E-state index contributed by atoms with van der Waals surface area (Å²) in [5.74, 6) is 0.472. The molecule has 1 aromatic rings. The van der Waals surface area contributed by atoms with E-state index in [1.807, 2.05) is 6.07 Å². The maximum Gasteiger partial charge on any atom is 0.123 e. The van der Waals surface area contributed by atoms with Crippen molar-refractivity contribution in [1.29, 1.82) is 0 Å². The summed E-state index contributed by atoms with van der Waals surface area (Å²) in [5, 5.41) is 3.33. The Morgan fingerprint density at radius 1 is 1.41 bits per heavy atom. The molecule has 2 unspecified atom stereocenters. The first-order valence-corrected chi connectivity index (χ1v) is 6.14. The number of benzene rings is 1. The molecule has 1 aromatic carbocycles. The second-order valence-electron chi connectivity index (χ2n) is 4.40. The van der Waals surface area contributed by atoms with Crippen LogP contribution in [-0.2, 0) is 4.74 Å². The fourth-order valence-corrected chi connectivity index (χ4v) is 2.06. The van der Waals surface area contributed by atoms with Crippen LogP contribution in [0.5, 0.6) is 0 Å². The molecule has 0 aliphatic rings. The van der Waals surface area contributed by atoms with E-state index in [-0.39, 0.29) is 11.7 Å². The molecule has 17 heavy (non-hydrogen) atoms. The second-order valence-corrected chi connectivity index (χ2v) is 4.40. The molecule has 0 bridgehead atoms. The molecule has 0 saturated carbocycles. The highest BCUT2D eigenvalue weighted by Crippen LogP contribution is 2.24. The number of rotatable bonds is 7. The molecule has 0 aromatic heterocycles. The molecule has 1 rings (SSSR count). The number of nitrogens with one attached hydrogen (secondary N) is 1. The molecular formula is C14H22FNO. The van der Waals surface area contributed by atoms with Crippen molar-refractivity contribution in [2.45, 2.75) is 19.8 Å². The van der Waals surface area contributed by atoms with Crippen LogP contribution in [0.1, 0.15) is 25.3 Å². The number of methoxy groups -OCH3 is 1. The molecule has 2 atom stereocenters. The second kappa shape index (κ2) is 7.41. The van der Waals surface area contributed by atoms with Gasteiger partial charge in [0.2, 0.25) is 0 Å². The molecule has 0 saturated heterocycles. The zero-order chi connectivity index (χ0) is 12.7. The fraction of sp³-hybridized carbons (Fsp3) is 0.571. The molecule has 0 fully saturated rings. The normalized spacial score (nSPS) is 14.6. The molecule has 3 heteroatoms. The Morgan fingerprint density at radius 3 is 2.76 bits per heavy atom. The van der Waals surface area contributed by atoms with Gasteiger partial charge in [-0.3, -0.25) is 0 Å². The van der Waals surface area contributed by atoms with Crippen molar-refractivity contribution in [2.24, 2.45) is 5.92 Å². The van der Waals surface area contributed by atoms with Crippen LogP contribution in [-0.4, -0.2) is 26.8 Å². The molecule has 0 heterocycles. The van der Waals surface area contributed by atoms with E-state index in [2.05, 4.69) is 19.2 Å². The molecule has 2 nitrogen and oxygen atoms in total. The fourth-order valence-electron chi connectivity index (χ4n) is 2.06. The van der Waals surface area contributed by atoms with E-state index in [0.717, 1.165) is 18.7 Å². The Kier molecular flexibility index (Phi) is 6.16. The van der Waals surface area contributed by atoms with Crippen LogP contribution in [0.3, 0.4) is 0 Å². The lowest BCUT2D eigenvalue weighted by Crippen LogP contribution is -2.27. The third kappa shape index (κ3) is 4.44. The molecule has 0 aliphatic carbocycles. The van der Waals surface area contributed by atoms with Gasteiger partial charge in [-0.25, -0.2) is 4.39 Å². The predicted molar refractivity (Wildman–Crippen MR) is 68.7 cm³/mol. The molecule has 0 spiro atoms. The summed E-state index contributed by atoms with van der Waals surface area (Å²) in [6.45, 7) is 6.67. The van der Waals surface area contributed by atoms with Gasteiger partial charge in [0.15, 0.2) is 0 Å². The topological polar surface area (TPSA) is 21.3 Å². The first kappa shape index (κ1) is 14.1. The van der Waals surface area contributed by atoms with Gasteiger partial charge in [-0.1, -0.05) is 26.0 Å². The van der Waals surface area contributed by atoms with E-state index in [0.29, 0.717) is 12.5 Å². The van der Waals surface area contributed by atoms with Crippen LogP contribution in [0.25, 0.3) is 0 Å². The van der Waals surface area contributed by atoms with E-state index in [4.69, 9.17) is 4.74 Å². The minimum atomic E-state index is -0.173. The summed E-state index contributed by atoms with van der Waals surface area (Å²) in [6.07, 6.45) is 0. The standard InChI is InChI=1S/C14H22FNO/c1-4-16-9-14(11(2)10-17-3)12-6-5-7-13(15)8-12/h5-8,11,14,16H,4,9-10H2,1-3H3. The number of ether oxygens (including phenoxy) is 1. The highest BCUT2D eigenvalue weighted by atomic mass is 19.1. The monoisotopic (exact) mass is 239 g/mol. The average molecular weight is 239 g/mol. The summed E-state index contributed by atoms with van der Waals surface area (Å²) in [4.78, 5) is 0. The smallest absolute Gasteiger partial charge is 0.123 e. The quantitative estimate of drug-likeness (QED) is 0.790. The number of halogens is 1. The Labute approximate surface area is 103 Å². The number of hydrogen-bond donors (Lipinski definition) is 1. The molecule has 0 amide bonds. The summed E-state index contributed by atoms with van der Waals surface area (Å²) in [7, 11) is 1.70. The summed E-state index contributed by atoms with van der Waals surface area (Å²) in [5.41, 5.74) is 1.04. The van der Waals surface area contributed by atoms with Crippen molar-refractivity contribution < 1.29 is 9.13 Å². The lowest BCUT2D eigenvalue weighted by atomic mass is 9.87. The van der Waals surface area contributed by atoms with Crippen LogP contribution in [0.2, 0.25) is 0 Å². The number of likely N-dealkylation sites (N-methyl/N-ethyl adjacent to an activating group) is 1. The maximum atomic E-state index is 13.2. The third-order valence-electron chi connectivity index (χ3n) is 3.01. The van der Waals surface area contributed by atoms with Gasteiger partial charge < -0.3 is 10.1 Å². The molecule has 1 N–H and O–H groups in total. The zero-order valence-electron chi connectivity index (χ0n) is 10.9. The lowest BCUT2D eigenvalue weighted by Gasteiger charge is -2.24. The minimum Gasteiger partial charge on any atom is -0.384 e. The SMILES string of the molecule is CCNCC(c1cccc(F)c1)C(C)COC. The average Bonchev–Trinajstić information content (AvgIpc) is 2.30. The van der Waals surface area contributed by atoms with Gasteiger partial charge in [0.05, 0.1) is 0 Å². The zero-order valence-corrected chi connectivity index (χ0v) is 10.9. The largest absolute Gasteiger partial charge is 0.384 e. The van der Waals surface area contributed by atoms with E-state index in [1.54, 1.807) is 19.2 Å². The highest BCUT2D eigenvalue weighted by Gasteiger charge is 2.19. The Bertz CT molecular complexity index is 330. The van der Waals surface area contributed by atoms with Gasteiger partial charge in [-0.15, -0.1) is 0 Å². The molecule has 0 radical (unpaired) electrons. The van der Waals surface area contributed by atoms with Crippen LogP contribution < -0.4 is 5.32 Å². The maximum absolute atomic E-state index is 13.2.